The normalized spacial score (nSPS) is 16.3. The number of unbranched alkanes of at least 4 members (excludes halogenated alkanes) is 1. The fourth-order valence-corrected chi connectivity index (χ4v) is 4.50. The van der Waals surface area contributed by atoms with Gasteiger partial charge < -0.3 is 25.8 Å². The molecule has 0 radical (unpaired) electrons. The van der Waals surface area contributed by atoms with Gasteiger partial charge in [0.2, 0.25) is 5.88 Å². The van der Waals surface area contributed by atoms with E-state index in [2.05, 4.69) is 19.9 Å². The number of piperidine rings is 1. The number of likely N-dealkylation sites (tertiary alicyclic amines) is 1. The second kappa shape index (κ2) is 12.2. The number of nitrogens with zero attached hydrogens (tertiary/aromatic N) is 2. The van der Waals surface area contributed by atoms with Gasteiger partial charge in [0.05, 0.1) is 11.7 Å². The van der Waals surface area contributed by atoms with Crippen LogP contribution in [0, 0.1) is 11.6 Å². The van der Waals surface area contributed by atoms with E-state index in [1.54, 1.807) is 0 Å². The van der Waals surface area contributed by atoms with E-state index in [4.69, 9.17) is 22.1 Å². The van der Waals surface area contributed by atoms with E-state index in [0.717, 1.165) is 62.4 Å². The number of aromatic nitrogens is 1. The third-order valence-corrected chi connectivity index (χ3v) is 6.22. The third kappa shape index (κ3) is 7.23. The number of anilines is 1. The summed E-state index contributed by atoms with van der Waals surface area (Å²) in [4.78, 5) is 26.3. The van der Waals surface area contributed by atoms with E-state index < -0.39 is 30.2 Å². The highest BCUT2D eigenvalue weighted by Crippen LogP contribution is 2.31. The summed E-state index contributed by atoms with van der Waals surface area (Å²) in [7, 11) is 0. The number of hydrogen-bond acceptors (Lipinski definition) is 7. The highest BCUT2D eigenvalue weighted by Gasteiger charge is 2.23. The van der Waals surface area contributed by atoms with E-state index in [-0.39, 0.29) is 33.1 Å². The van der Waals surface area contributed by atoms with Gasteiger partial charge in [-0.2, -0.15) is 4.37 Å². The molecule has 13 heteroatoms. The fraction of sp³-hybridized carbons (Fsp3) is 0.476. The molecule has 3 rings (SSSR count). The summed E-state index contributed by atoms with van der Waals surface area (Å²) < 4.78 is 37.1. The van der Waals surface area contributed by atoms with Crippen molar-refractivity contribution in [2.45, 2.75) is 38.4 Å². The molecule has 1 aromatic carbocycles. The van der Waals surface area contributed by atoms with Gasteiger partial charge in [0.15, 0.2) is 0 Å². The quantitative estimate of drug-likeness (QED) is 0.358. The predicted octanol–water partition coefficient (Wildman–Crippen LogP) is 3.11. The molecule has 1 aromatic heterocycles. The molecule has 1 fully saturated rings. The Bertz CT molecular complexity index is 1000. The molecule has 1 aliphatic heterocycles. The summed E-state index contributed by atoms with van der Waals surface area (Å²) >= 11 is 6.36. The van der Waals surface area contributed by atoms with Gasteiger partial charge in [-0.1, -0.05) is 11.6 Å². The second-order valence-electron chi connectivity index (χ2n) is 7.88. The lowest BCUT2D eigenvalue weighted by Gasteiger charge is -2.29. The molecule has 9 nitrogen and oxygen atoms in total. The van der Waals surface area contributed by atoms with Crippen LogP contribution in [0.3, 0.4) is 0 Å². The molecular weight excluding hydrogens is 492 g/mol. The summed E-state index contributed by atoms with van der Waals surface area (Å²) in [6, 6.07) is 1.32. The third-order valence-electron chi connectivity index (χ3n) is 5.26. The number of urea groups is 1. The largest absolute Gasteiger partial charge is 0.471 e. The van der Waals surface area contributed by atoms with Crippen LogP contribution in [-0.4, -0.2) is 58.6 Å². The number of carbonyl (C=O) groups is 2. The van der Waals surface area contributed by atoms with Gasteiger partial charge in [-0.25, -0.2) is 13.6 Å². The molecule has 3 amide bonds. The van der Waals surface area contributed by atoms with E-state index in [9.17, 15) is 23.5 Å². The number of nitrogens with two attached hydrogens (primary N) is 1. The minimum Gasteiger partial charge on any atom is -0.471 e. The maximum absolute atomic E-state index is 14.0. The summed E-state index contributed by atoms with van der Waals surface area (Å²) in [6.45, 7) is 2.34. The molecule has 0 spiro atoms. The van der Waals surface area contributed by atoms with Crippen LogP contribution in [0.5, 0.6) is 5.88 Å². The van der Waals surface area contributed by atoms with Gasteiger partial charge in [-0.3, -0.25) is 10.1 Å². The molecule has 1 aliphatic rings. The van der Waals surface area contributed by atoms with Crippen LogP contribution < -0.4 is 21.1 Å². The van der Waals surface area contributed by atoms with Gasteiger partial charge in [-0.05, 0) is 62.4 Å². The van der Waals surface area contributed by atoms with Crippen molar-refractivity contribution in [3.63, 3.8) is 0 Å². The van der Waals surface area contributed by atoms with E-state index >= 15 is 0 Å². The summed E-state index contributed by atoms with van der Waals surface area (Å²) in [5.41, 5.74) is 4.81. The molecule has 1 saturated heterocycles. The Morgan fingerprint density at radius 3 is 2.74 bits per heavy atom. The molecule has 0 bridgehead atoms. The lowest BCUT2D eigenvalue weighted by Crippen LogP contribution is -2.39. The second-order valence-corrected chi connectivity index (χ2v) is 9.09. The number of aliphatic hydroxyl groups excluding tert-OH is 1. The Morgan fingerprint density at radius 1 is 1.32 bits per heavy atom. The van der Waals surface area contributed by atoms with E-state index in [1.807, 2.05) is 0 Å². The first-order chi connectivity index (χ1) is 16.2. The minimum absolute atomic E-state index is 0.0550. The standard InChI is InChI=1S/C21H26ClF2N5O4S/c22-12-8-15(23)14(16(24)9-12)11-33-19-17(18(25)31)20(34-28-19)27-21(32)26-5-1-2-6-29-7-3-4-13(30)10-29/h8-9,13,30H,1-7,10-11H2,(H2,25,31)(H2,26,27,32). The van der Waals surface area contributed by atoms with Crippen LogP contribution in [0.1, 0.15) is 41.6 Å². The number of aliphatic hydroxyl groups is 1. The first-order valence-electron chi connectivity index (χ1n) is 10.8. The van der Waals surface area contributed by atoms with Gasteiger partial charge >= 0.3 is 6.03 Å². The summed E-state index contributed by atoms with van der Waals surface area (Å²) in [5, 5.41) is 14.8. The lowest BCUT2D eigenvalue weighted by molar-refractivity contribution is 0.0699. The topological polar surface area (TPSA) is 130 Å². The van der Waals surface area contributed by atoms with Crippen molar-refractivity contribution in [3.8, 4) is 5.88 Å². The smallest absolute Gasteiger partial charge is 0.319 e. The van der Waals surface area contributed by atoms with Crippen molar-refractivity contribution in [2.75, 3.05) is 31.5 Å². The van der Waals surface area contributed by atoms with Crippen molar-refractivity contribution in [1.29, 1.82) is 0 Å². The zero-order valence-electron chi connectivity index (χ0n) is 18.3. The highest BCUT2D eigenvalue weighted by atomic mass is 35.5. The average Bonchev–Trinajstić information content (AvgIpc) is 3.15. The number of carbonyl (C=O) groups excluding carboxylic acids is 2. The first kappa shape index (κ1) is 26.1. The van der Waals surface area contributed by atoms with Crippen molar-refractivity contribution < 1.29 is 28.2 Å². The Morgan fingerprint density at radius 2 is 2.06 bits per heavy atom. The maximum atomic E-state index is 14.0. The molecule has 1 atom stereocenters. The molecular formula is C21H26ClF2N5O4S. The van der Waals surface area contributed by atoms with E-state index in [0.29, 0.717) is 13.1 Å². The van der Waals surface area contributed by atoms with Gasteiger partial charge in [0.1, 0.15) is 28.8 Å². The molecule has 186 valence electrons. The minimum atomic E-state index is -0.917. The van der Waals surface area contributed by atoms with Crippen LogP contribution in [0.25, 0.3) is 0 Å². The molecule has 0 saturated carbocycles. The summed E-state index contributed by atoms with van der Waals surface area (Å²) in [6.07, 6.45) is 3.14. The Labute approximate surface area is 204 Å². The average molecular weight is 518 g/mol. The molecule has 34 heavy (non-hydrogen) atoms. The van der Waals surface area contributed by atoms with Crippen molar-refractivity contribution >= 4 is 40.1 Å². The highest BCUT2D eigenvalue weighted by molar-refractivity contribution is 7.11. The number of nitrogens with one attached hydrogen (secondary N) is 2. The predicted molar refractivity (Wildman–Crippen MR) is 124 cm³/mol. The number of primary amides is 1. The van der Waals surface area contributed by atoms with Crippen LogP contribution in [-0.2, 0) is 6.61 Å². The van der Waals surface area contributed by atoms with Crippen molar-refractivity contribution in [2.24, 2.45) is 5.73 Å². The summed E-state index contributed by atoms with van der Waals surface area (Å²) in [5.74, 6) is -2.98. The molecule has 1 unspecified atom stereocenters. The van der Waals surface area contributed by atoms with Crippen LogP contribution in [0.2, 0.25) is 5.02 Å². The molecule has 0 aliphatic carbocycles. The zero-order valence-corrected chi connectivity index (χ0v) is 19.9. The lowest BCUT2D eigenvalue weighted by atomic mass is 10.1. The first-order valence-corrected chi connectivity index (χ1v) is 11.9. The zero-order chi connectivity index (χ0) is 24.7. The van der Waals surface area contributed by atoms with Crippen LogP contribution in [0.4, 0.5) is 18.6 Å². The monoisotopic (exact) mass is 517 g/mol. The number of β-amino-alcohol motifs (C(OH)–C–C–N with tert-alkyl or cyclic N) is 1. The number of halogens is 3. The Balaban J connectivity index is 1.49. The number of hydrogen-bond donors (Lipinski definition) is 4. The number of rotatable bonds is 10. The van der Waals surface area contributed by atoms with Crippen LogP contribution >= 0.6 is 23.1 Å². The number of benzene rings is 1. The maximum Gasteiger partial charge on any atom is 0.319 e. The SMILES string of the molecule is NC(=O)c1c(OCc2c(F)cc(Cl)cc2F)nsc1NC(=O)NCCCCN1CCCC(O)C1. The molecule has 5 N–H and O–H groups in total. The number of amides is 3. The van der Waals surface area contributed by atoms with Crippen molar-refractivity contribution in [3.05, 3.63) is 39.9 Å². The van der Waals surface area contributed by atoms with Crippen LogP contribution in [0.15, 0.2) is 12.1 Å². The molecule has 2 heterocycles. The van der Waals surface area contributed by atoms with Gasteiger partial charge in [-0.15, -0.1) is 0 Å². The van der Waals surface area contributed by atoms with Gasteiger partial charge in [0.25, 0.3) is 5.91 Å². The fourth-order valence-electron chi connectivity index (χ4n) is 3.57. The molecule has 2 aromatic rings. The Kier molecular flexibility index (Phi) is 9.39. The van der Waals surface area contributed by atoms with E-state index in [1.165, 1.54) is 0 Å². The van der Waals surface area contributed by atoms with Crippen molar-refractivity contribution in [1.82, 2.24) is 14.6 Å². The Hall–Kier alpha value is -2.54. The van der Waals surface area contributed by atoms with Gasteiger partial charge in [0, 0.05) is 18.1 Å². The number of ether oxygens (including phenoxy) is 1.